The van der Waals surface area contributed by atoms with Crippen molar-refractivity contribution in [3.05, 3.63) is 28.2 Å². The van der Waals surface area contributed by atoms with Gasteiger partial charge in [0.2, 0.25) is 6.41 Å². The number of rotatable bonds is 6. The summed E-state index contributed by atoms with van der Waals surface area (Å²) in [7, 11) is 0. The first-order chi connectivity index (χ1) is 12.6. The monoisotopic (exact) mass is 449 g/mol. The van der Waals surface area contributed by atoms with Crippen LogP contribution in [-0.4, -0.2) is 29.4 Å². The summed E-state index contributed by atoms with van der Waals surface area (Å²) >= 11 is 3.02. The van der Waals surface area contributed by atoms with Crippen molar-refractivity contribution in [2.75, 3.05) is 0 Å². The number of nitrogens with zero attached hydrogens (tertiary/aromatic N) is 1. The topological polar surface area (TPSA) is 58.9 Å². The maximum atomic E-state index is 13.8. The van der Waals surface area contributed by atoms with Crippen LogP contribution in [0.25, 0.3) is 0 Å². The summed E-state index contributed by atoms with van der Waals surface area (Å²) in [6.07, 6.45) is 4.85. The van der Waals surface area contributed by atoms with Crippen LogP contribution in [0.4, 0.5) is 8.78 Å². The Bertz CT molecular complexity index is 570. The molecule has 1 fully saturated rings. The van der Waals surface area contributed by atoms with E-state index in [0.717, 1.165) is 31.4 Å². The third-order valence-electron chi connectivity index (χ3n) is 3.41. The molecule has 1 aromatic rings. The summed E-state index contributed by atoms with van der Waals surface area (Å²) in [5.41, 5.74) is -0.500. The fraction of sp³-hybridized carbons (Fsp3) is 0.600. The Labute approximate surface area is 169 Å². The predicted molar refractivity (Wildman–Crippen MR) is 108 cm³/mol. The molecule has 0 spiro atoms. The minimum atomic E-state index is -0.742. The van der Waals surface area contributed by atoms with Gasteiger partial charge in [-0.25, -0.2) is 13.8 Å². The van der Waals surface area contributed by atoms with Crippen LogP contribution in [0.15, 0.2) is 21.6 Å². The van der Waals surface area contributed by atoms with E-state index in [-0.39, 0.29) is 17.8 Å². The van der Waals surface area contributed by atoms with E-state index in [1.54, 1.807) is 20.8 Å². The third kappa shape index (κ3) is 11.2. The van der Waals surface area contributed by atoms with Crippen molar-refractivity contribution in [3.63, 3.8) is 0 Å². The SMILES string of the molecule is CC.CC(C)(C)O.O=CN=CCC(Oc1c(F)cc(Br)cc1F)C1CCC1. The van der Waals surface area contributed by atoms with Gasteiger partial charge in [-0.05, 0) is 51.7 Å². The second-order valence-electron chi connectivity index (χ2n) is 6.89. The second kappa shape index (κ2) is 12.9. The molecular weight excluding hydrogens is 420 g/mol. The number of aliphatic hydroxyl groups is 1. The molecule has 1 unspecified atom stereocenters. The highest BCUT2D eigenvalue weighted by molar-refractivity contribution is 9.10. The highest BCUT2D eigenvalue weighted by atomic mass is 79.9. The van der Waals surface area contributed by atoms with Gasteiger partial charge in [-0.3, -0.25) is 4.79 Å². The Morgan fingerprint density at radius 1 is 1.30 bits per heavy atom. The standard InChI is InChI=1S/C14H14BrF2NO2.C4H10O.C2H6/c15-10-6-11(16)14(12(17)7-10)20-13(4-5-18-8-19)9-2-1-3-9;1-4(2,3)5;1-2/h5-9,13H,1-4H2;5H,1-3H3;1-2H3. The van der Waals surface area contributed by atoms with Gasteiger partial charge in [-0.2, -0.15) is 0 Å². The van der Waals surface area contributed by atoms with Crippen molar-refractivity contribution in [3.8, 4) is 5.75 Å². The molecule has 1 amide bonds. The van der Waals surface area contributed by atoms with Crippen molar-refractivity contribution >= 4 is 28.6 Å². The molecule has 2 rings (SSSR count). The minimum absolute atomic E-state index is 0.246. The Hall–Kier alpha value is -1.34. The molecule has 0 heterocycles. The molecule has 4 nitrogen and oxygen atoms in total. The Kier molecular flexibility index (Phi) is 12.3. The largest absolute Gasteiger partial charge is 0.484 e. The molecule has 1 aliphatic rings. The van der Waals surface area contributed by atoms with Crippen LogP contribution in [0.3, 0.4) is 0 Å². The van der Waals surface area contributed by atoms with E-state index >= 15 is 0 Å². The molecule has 7 heteroatoms. The first-order valence-electron chi connectivity index (χ1n) is 9.10. The summed E-state index contributed by atoms with van der Waals surface area (Å²) < 4.78 is 33.3. The minimum Gasteiger partial charge on any atom is -0.484 e. The van der Waals surface area contributed by atoms with Gasteiger partial charge in [-0.15, -0.1) is 0 Å². The molecule has 0 bridgehead atoms. The van der Waals surface area contributed by atoms with Crippen molar-refractivity contribution in [2.24, 2.45) is 10.9 Å². The lowest BCUT2D eigenvalue weighted by atomic mass is 9.80. The van der Waals surface area contributed by atoms with E-state index in [9.17, 15) is 13.6 Å². The lowest BCUT2D eigenvalue weighted by molar-refractivity contribution is -0.106. The number of aliphatic imine (C=N–C) groups is 1. The number of hydrogen-bond donors (Lipinski definition) is 1. The average molecular weight is 450 g/mol. The number of ether oxygens (including phenoxy) is 1. The maximum absolute atomic E-state index is 13.8. The van der Waals surface area contributed by atoms with Crippen molar-refractivity contribution in [1.82, 2.24) is 0 Å². The zero-order valence-electron chi connectivity index (χ0n) is 16.6. The van der Waals surface area contributed by atoms with Crippen molar-refractivity contribution in [2.45, 2.75) is 72.0 Å². The first kappa shape index (κ1) is 25.7. The Morgan fingerprint density at radius 2 is 1.78 bits per heavy atom. The molecule has 0 aliphatic heterocycles. The van der Waals surface area contributed by atoms with Gasteiger partial charge in [0.15, 0.2) is 17.4 Å². The summed E-state index contributed by atoms with van der Waals surface area (Å²) in [6.45, 7) is 9.23. The third-order valence-corrected chi connectivity index (χ3v) is 3.87. The lowest BCUT2D eigenvalue weighted by Gasteiger charge is -2.33. The first-order valence-corrected chi connectivity index (χ1v) is 9.90. The van der Waals surface area contributed by atoms with E-state index in [0.29, 0.717) is 17.3 Å². The summed E-state index contributed by atoms with van der Waals surface area (Å²) in [5.74, 6) is -1.61. The molecule has 27 heavy (non-hydrogen) atoms. The smallest absolute Gasteiger partial charge is 0.232 e. The molecule has 154 valence electrons. The number of carbonyl (C=O) groups excluding carboxylic acids is 1. The van der Waals surface area contributed by atoms with E-state index in [2.05, 4.69) is 20.9 Å². The number of carbonyl (C=O) groups is 1. The molecule has 1 saturated carbocycles. The van der Waals surface area contributed by atoms with E-state index in [4.69, 9.17) is 9.84 Å². The number of benzene rings is 1. The van der Waals surface area contributed by atoms with Gasteiger partial charge in [-0.1, -0.05) is 36.2 Å². The molecule has 1 N–H and O–H groups in total. The van der Waals surface area contributed by atoms with Crippen LogP contribution in [0.5, 0.6) is 5.75 Å². The van der Waals surface area contributed by atoms with Gasteiger partial charge in [0.05, 0.1) is 5.60 Å². The van der Waals surface area contributed by atoms with Crippen molar-refractivity contribution < 1.29 is 23.4 Å². The summed E-state index contributed by atoms with van der Waals surface area (Å²) in [4.78, 5) is 13.7. The molecule has 1 aromatic carbocycles. The zero-order chi connectivity index (χ0) is 21.0. The van der Waals surface area contributed by atoms with Crippen molar-refractivity contribution in [1.29, 1.82) is 0 Å². The molecular formula is C20H30BrF2NO3. The summed E-state index contributed by atoms with van der Waals surface area (Å²) in [5, 5.41) is 8.52. The number of amides is 1. The van der Waals surface area contributed by atoms with Crippen LogP contribution < -0.4 is 4.74 Å². The Balaban J connectivity index is 0.000000838. The zero-order valence-corrected chi connectivity index (χ0v) is 18.2. The van der Waals surface area contributed by atoms with Crippen LogP contribution in [-0.2, 0) is 4.79 Å². The molecule has 1 aliphatic carbocycles. The van der Waals surface area contributed by atoms with Crippen LogP contribution in [0.1, 0.15) is 60.3 Å². The maximum Gasteiger partial charge on any atom is 0.232 e. The van der Waals surface area contributed by atoms with E-state index < -0.39 is 17.2 Å². The van der Waals surface area contributed by atoms with Gasteiger partial charge in [0, 0.05) is 17.1 Å². The predicted octanol–water partition coefficient (Wildman–Crippen LogP) is 5.70. The fourth-order valence-electron chi connectivity index (χ4n) is 2.15. The van der Waals surface area contributed by atoms with Crippen LogP contribution in [0, 0.1) is 17.6 Å². The molecule has 0 aromatic heterocycles. The summed E-state index contributed by atoms with van der Waals surface area (Å²) in [6, 6.07) is 2.32. The van der Waals surface area contributed by atoms with Crippen LogP contribution in [0.2, 0.25) is 0 Å². The highest BCUT2D eigenvalue weighted by Crippen LogP contribution is 2.35. The average Bonchev–Trinajstić information content (AvgIpc) is 2.49. The van der Waals surface area contributed by atoms with Gasteiger partial charge >= 0.3 is 0 Å². The van der Waals surface area contributed by atoms with Gasteiger partial charge in [0.25, 0.3) is 0 Å². The lowest BCUT2D eigenvalue weighted by Crippen LogP contribution is -2.32. The highest BCUT2D eigenvalue weighted by Gasteiger charge is 2.30. The second-order valence-corrected chi connectivity index (χ2v) is 7.81. The molecule has 0 saturated heterocycles. The fourth-order valence-corrected chi connectivity index (χ4v) is 2.55. The molecule has 0 radical (unpaired) electrons. The van der Waals surface area contributed by atoms with Crippen LogP contribution >= 0.6 is 15.9 Å². The van der Waals surface area contributed by atoms with Gasteiger partial charge in [0.1, 0.15) is 6.10 Å². The van der Waals surface area contributed by atoms with E-state index in [1.807, 2.05) is 13.8 Å². The Morgan fingerprint density at radius 3 is 2.15 bits per heavy atom. The molecule has 1 atom stereocenters. The van der Waals surface area contributed by atoms with Gasteiger partial charge < -0.3 is 9.84 Å². The quantitative estimate of drug-likeness (QED) is 0.447. The normalized spacial score (nSPS) is 15.0. The number of halogens is 3. The number of hydrogen-bond acceptors (Lipinski definition) is 3. The van der Waals surface area contributed by atoms with E-state index in [1.165, 1.54) is 6.21 Å².